The van der Waals surface area contributed by atoms with Crippen LogP contribution in [-0.2, 0) is 31.9 Å². The molecule has 0 aromatic heterocycles. The fraction of sp³-hybridized carbons (Fsp3) is 0.417. The number of unbranched alkanes of at least 4 members (excludes halogenated alkanes) is 2. The molecule has 28 heavy (non-hydrogen) atoms. The molecule has 1 aliphatic rings. The molecule has 4 nitrogen and oxygen atoms in total. The molecule has 0 amide bonds. The van der Waals surface area contributed by atoms with E-state index in [2.05, 4.69) is 13.8 Å². The van der Waals surface area contributed by atoms with Gasteiger partial charge in [0, 0.05) is 11.1 Å². The van der Waals surface area contributed by atoms with Crippen molar-refractivity contribution in [3.05, 3.63) is 70.8 Å². The number of ether oxygens (including phenoxy) is 2. The summed E-state index contributed by atoms with van der Waals surface area (Å²) < 4.78 is 11.0. The van der Waals surface area contributed by atoms with Gasteiger partial charge >= 0.3 is 11.9 Å². The SMILES string of the molecule is CCCCc1cccc(C2OC(=O)C(c3cccc(CCCC)c3)OC2=O)c1. The molecule has 0 spiro atoms. The monoisotopic (exact) mass is 380 g/mol. The van der Waals surface area contributed by atoms with Gasteiger partial charge in [-0.2, -0.15) is 0 Å². The molecule has 2 aromatic carbocycles. The number of hydrogen-bond donors (Lipinski definition) is 0. The molecule has 1 heterocycles. The van der Waals surface area contributed by atoms with Gasteiger partial charge in [-0.05, 0) is 36.8 Å². The third-order valence-corrected chi connectivity index (χ3v) is 5.04. The Labute approximate surface area is 166 Å². The number of hydrogen-bond acceptors (Lipinski definition) is 4. The van der Waals surface area contributed by atoms with Crippen LogP contribution in [0.25, 0.3) is 0 Å². The topological polar surface area (TPSA) is 52.6 Å². The lowest BCUT2D eigenvalue weighted by Crippen LogP contribution is -2.34. The van der Waals surface area contributed by atoms with E-state index in [0.717, 1.165) is 49.7 Å². The average Bonchev–Trinajstić information content (AvgIpc) is 2.72. The molecule has 0 N–H and O–H groups in total. The number of benzene rings is 2. The molecule has 3 rings (SSSR count). The molecular weight excluding hydrogens is 352 g/mol. The molecule has 148 valence electrons. The van der Waals surface area contributed by atoms with E-state index in [1.807, 2.05) is 36.4 Å². The minimum atomic E-state index is -0.992. The van der Waals surface area contributed by atoms with Gasteiger partial charge in [0.15, 0.2) is 0 Å². The van der Waals surface area contributed by atoms with Crippen LogP contribution in [-0.4, -0.2) is 11.9 Å². The Bertz CT molecular complexity index is 757. The third-order valence-electron chi connectivity index (χ3n) is 5.04. The largest absolute Gasteiger partial charge is 0.442 e. The van der Waals surface area contributed by atoms with E-state index in [0.29, 0.717) is 11.1 Å². The van der Waals surface area contributed by atoms with Crippen LogP contribution in [0.1, 0.15) is 74.0 Å². The van der Waals surface area contributed by atoms with Crippen LogP contribution < -0.4 is 0 Å². The van der Waals surface area contributed by atoms with Crippen LogP contribution in [0.4, 0.5) is 0 Å². The first-order valence-electron chi connectivity index (χ1n) is 10.2. The molecule has 0 saturated carbocycles. The summed E-state index contributed by atoms with van der Waals surface area (Å²) in [6.45, 7) is 4.28. The van der Waals surface area contributed by atoms with E-state index in [4.69, 9.17) is 9.47 Å². The van der Waals surface area contributed by atoms with E-state index in [-0.39, 0.29) is 0 Å². The van der Waals surface area contributed by atoms with Gasteiger partial charge in [0.2, 0.25) is 12.2 Å². The highest BCUT2D eigenvalue weighted by atomic mass is 16.6. The van der Waals surface area contributed by atoms with Crippen LogP contribution >= 0.6 is 0 Å². The Balaban J connectivity index is 1.74. The van der Waals surface area contributed by atoms with Crippen molar-refractivity contribution < 1.29 is 19.1 Å². The first-order chi connectivity index (χ1) is 13.6. The summed E-state index contributed by atoms with van der Waals surface area (Å²) in [4.78, 5) is 25.2. The van der Waals surface area contributed by atoms with Gasteiger partial charge < -0.3 is 9.47 Å². The highest BCUT2D eigenvalue weighted by molar-refractivity contribution is 5.89. The van der Waals surface area contributed by atoms with Crippen LogP contribution in [0.5, 0.6) is 0 Å². The highest BCUT2D eigenvalue weighted by Gasteiger charge is 2.40. The summed E-state index contributed by atoms with van der Waals surface area (Å²) in [5, 5.41) is 0. The van der Waals surface area contributed by atoms with Crippen LogP contribution in [0.3, 0.4) is 0 Å². The maximum Gasteiger partial charge on any atom is 0.353 e. The van der Waals surface area contributed by atoms with Crippen LogP contribution in [0.15, 0.2) is 48.5 Å². The Kier molecular flexibility index (Phi) is 6.85. The number of esters is 2. The van der Waals surface area contributed by atoms with Gasteiger partial charge in [-0.3, -0.25) is 0 Å². The van der Waals surface area contributed by atoms with E-state index in [1.165, 1.54) is 0 Å². The van der Waals surface area contributed by atoms with E-state index in [9.17, 15) is 9.59 Å². The quantitative estimate of drug-likeness (QED) is 0.587. The van der Waals surface area contributed by atoms with Gasteiger partial charge in [-0.25, -0.2) is 9.59 Å². The lowest BCUT2D eigenvalue weighted by Gasteiger charge is -2.28. The van der Waals surface area contributed by atoms with E-state index in [1.54, 1.807) is 12.1 Å². The Morgan fingerprint density at radius 2 is 1.14 bits per heavy atom. The maximum atomic E-state index is 12.6. The number of carbonyl (C=O) groups excluding carboxylic acids is 2. The van der Waals surface area contributed by atoms with Crippen molar-refractivity contribution in [1.29, 1.82) is 0 Å². The predicted molar refractivity (Wildman–Crippen MR) is 108 cm³/mol. The number of carbonyl (C=O) groups is 2. The Hall–Kier alpha value is -2.62. The van der Waals surface area contributed by atoms with Gasteiger partial charge in [-0.1, -0.05) is 75.2 Å². The normalized spacial score (nSPS) is 19.2. The molecule has 0 radical (unpaired) electrons. The van der Waals surface area contributed by atoms with Crippen LogP contribution in [0, 0.1) is 0 Å². The molecule has 2 atom stereocenters. The van der Waals surface area contributed by atoms with Crippen molar-refractivity contribution in [2.24, 2.45) is 0 Å². The molecule has 2 aromatic rings. The molecule has 0 aliphatic carbocycles. The average molecular weight is 380 g/mol. The fourth-order valence-corrected chi connectivity index (χ4v) is 3.45. The van der Waals surface area contributed by atoms with Gasteiger partial charge in [-0.15, -0.1) is 0 Å². The van der Waals surface area contributed by atoms with Crippen LogP contribution in [0.2, 0.25) is 0 Å². The number of cyclic esters (lactones) is 2. The zero-order valence-electron chi connectivity index (χ0n) is 16.6. The maximum absolute atomic E-state index is 12.6. The fourth-order valence-electron chi connectivity index (χ4n) is 3.45. The van der Waals surface area contributed by atoms with Crippen molar-refractivity contribution in [1.82, 2.24) is 0 Å². The molecule has 1 fully saturated rings. The first kappa shape index (κ1) is 20.1. The van der Waals surface area contributed by atoms with Crippen molar-refractivity contribution in [3.63, 3.8) is 0 Å². The Morgan fingerprint density at radius 1 is 0.714 bits per heavy atom. The van der Waals surface area contributed by atoms with Crippen molar-refractivity contribution >= 4 is 11.9 Å². The third kappa shape index (κ3) is 4.80. The second kappa shape index (κ2) is 9.54. The van der Waals surface area contributed by atoms with Crippen molar-refractivity contribution in [2.45, 2.75) is 64.6 Å². The number of aryl methyl sites for hydroxylation is 2. The summed E-state index contributed by atoms with van der Waals surface area (Å²) in [5.74, 6) is -1.03. The van der Waals surface area contributed by atoms with Gasteiger partial charge in [0.25, 0.3) is 0 Å². The smallest absolute Gasteiger partial charge is 0.353 e. The van der Waals surface area contributed by atoms with E-state index >= 15 is 0 Å². The standard InChI is InChI=1S/C24H28O4/c1-3-5-9-17-11-7-13-19(15-17)21-23(25)28-22(24(26)27-21)20-14-8-12-18(16-20)10-6-4-2/h7-8,11-16,21-22H,3-6,9-10H2,1-2H3. The summed E-state index contributed by atoms with van der Waals surface area (Å²) >= 11 is 0. The minimum Gasteiger partial charge on any atom is -0.442 e. The predicted octanol–water partition coefficient (Wildman–Crippen LogP) is 5.25. The first-order valence-corrected chi connectivity index (χ1v) is 10.2. The zero-order valence-corrected chi connectivity index (χ0v) is 16.6. The number of rotatable bonds is 8. The zero-order chi connectivity index (χ0) is 19.9. The van der Waals surface area contributed by atoms with Gasteiger partial charge in [0.05, 0.1) is 0 Å². The summed E-state index contributed by atoms with van der Waals surface area (Å²) in [5.41, 5.74) is 3.60. The molecule has 4 heteroatoms. The highest BCUT2D eigenvalue weighted by Crippen LogP contribution is 2.33. The minimum absolute atomic E-state index is 0.517. The second-order valence-electron chi connectivity index (χ2n) is 7.33. The summed E-state index contributed by atoms with van der Waals surface area (Å²) in [6, 6.07) is 15.3. The molecular formula is C24H28O4. The molecule has 1 aliphatic heterocycles. The lowest BCUT2D eigenvalue weighted by molar-refractivity contribution is -0.196. The van der Waals surface area contributed by atoms with Crippen molar-refractivity contribution in [3.8, 4) is 0 Å². The Morgan fingerprint density at radius 3 is 1.54 bits per heavy atom. The lowest BCUT2D eigenvalue weighted by atomic mass is 10.00. The molecule has 1 saturated heterocycles. The summed E-state index contributed by atoms with van der Waals surface area (Å²) in [7, 11) is 0. The molecule has 2 unspecified atom stereocenters. The van der Waals surface area contributed by atoms with Gasteiger partial charge in [0.1, 0.15) is 0 Å². The summed E-state index contributed by atoms with van der Waals surface area (Å²) in [6.07, 6.45) is 4.25. The van der Waals surface area contributed by atoms with E-state index < -0.39 is 24.1 Å². The van der Waals surface area contributed by atoms with Crippen molar-refractivity contribution in [2.75, 3.05) is 0 Å². The second-order valence-corrected chi connectivity index (χ2v) is 7.33. The molecule has 0 bridgehead atoms.